The van der Waals surface area contributed by atoms with E-state index in [4.69, 9.17) is 4.98 Å². The molecular weight excluding hydrogens is 392 g/mol. The van der Waals surface area contributed by atoms with Gasteiger partial charge < -0.3 is 14.7 Å². The van der Waals surface area contributed by atoms with Crippen LogP contribution in [-0.2, 0) is 0 Å². The highest BCUT2D eigenvalue weighted by Gasteiger charge is 2.24. The number of aryl methyl sites for hydroxylation is 1. The van der Waals surface area contributed by atoms with Gasteiger partial charge in [-0.2, -0.15) is 9.67 Å². The van der Waals surface area contributed by atoms with E-state index in [2.05, 4.69) is 35.1 Å². The molecule has 10 nitrogen and oxygen atoms in total. The summed E-state index contributed by atoms with van der Waals surface area (Å²) in [6, 6.07) is 11.9. The number of anilines is 3. The van der Waals surface area contributed by atoms with Gasteiger partial charge in [0.05, 0.1) is 5.69 Å². The van der Waals surface area contributed by atoms with E-state index in [0.717, 1.165) is 55.1 Å². The molecule has 0 saturated carbocycles. The molecule has 4 aromatic rings. The molecule has 10 heteroatoms. The quantitative estimate of drug-likeness (QED) is 0.493. The Hall–Kier alpha value is -3.82. The van der Waals surface area contributed by atoms with Crippen molar-refractivity contribution in [2.24, 2.45) is 0 Å². The maximum atomic E-state index is 4.71. The van der Waals surface area contributed by atoms with Crippen LogP contribution < -0.4 is 14.7 Å². The lowest BCUT2D eigenvalue weighted by atomic mass is 10.3. The van der Waals surface area contributed by atoms with Crippen molar-refractivity contribution in [2.45, 2.75) is 6.92 Å². The predicted molar refractivity (Wildman–Crippen MR) is 120 cm³/mol. The van der Waals surface area contributed by atoms with E-state index in [1.807, 2.05) is 62.3 Å². The summed E-state index contributed by atoms with van der Waals surface area (Å²) in [5.41, 5.74) is 3.30. The molecule has 1 fully saturated rings. The first-order valence-electron chi connectivity index (χ1n) is 10.2. The second-order valence-electron chi connectivity index (χ2n) is 7.74. The minimum atomic E-state index is 0.705. The zero-order valence-corrected chi connectivity index (χ0v) is 17.8. The molecule has 0 spiro atoms. The summed E-state index contributed by atoms with van der Waals surface area (Å²) in [5, 5.41) is 8.71. The topological polar surface area (TPSA) is 92.0 Å². The number of benzene rings is 1. The van der Waals surface area contributed by atoms with Gasteiger partial charge in [0.15, 0.2) is 17.0 Å². The zero-order chi connectivity index (χ0) is 21.4. The van der Waals surface area contributed by atoms with Gasteiger partial charge >= 0.3 is 0 Å². The van der Waals surface area contributed by atoms with Crippen molar-refractivity contribution in [2.75, 3.05) is 55.0 Å². The first kappa shape index (κ1) is 19.2. The highest BCUT2D eigenvalue weighted by atomic mass is 15.5. The summed E-state index contributed by atoms with van der Waals surface area (Å²) >= 11 is 0. The lowest BCUT2D eigenvalue weighted by Crippen LogP contribution is -2.47. The highest BCUT2D eigenvalue weighted by molar-refractivity contribution is 5.83. The van der Waals surface area contributed by atoms with Gasteiger partial charge in [-0.15, -0.1) is 5.10 Å². The normalized spacial score (nSPS) is 14.3. The van der Waals surface area contributed by atoms with Gasteiger partial charge in [-0.3, -0.25) is 0 Å². The van der Waals surface area contributed by atoms with E-state index in [9.17, 15) is 0 Å². The molecule has 0 unspecified atom stereocenters. The molecule has 0 amide bonds. The standard InChI is InChI=1S/C21H24N10/c1-15-13-17(28(2)3)25-21(24-15)30-11-9-29(10-12-30)19-18-20(23-14-22-19)31(27-26-18)16-7-5-4-6-8-16/h4-8,13-14H,9-12H2,1-3H3. The molecule has 3 aromatic heterocycles. The number of fused-ring (bicyclic) bond motifs is 1. The fraction of sp³-hybridized carbons (Fsp3) is 0.333. The molecule has 1 saturated heterocycles. The average Bonchev–Trinajstić information content (AvgIpc) is 3.24. The van der Waals surface area contributed by atoms with Gasteiger partial charge in [0.1, 0.15) is 12.1 Å². The summed E-state index contributed by atoms with van der Waals surface area (Å²) < 4.78 is 1.75. The molecule has 1 aromatic carbocycles. The summed E-state index contributed by atoms with van der Waals surface area (Å²) in [7, 11) is 3.99. The number of para-hydroxylation sites is 1. The Bertz CT molecular complexity index is 1200. The smallest absolute Gasteiger partial charge is 0.227 e. The van der Waals surface area contributed by atoms with Crippen molar-refractivity contribution in [1.82, 2.24) is 34.9 Å². The third-order valence-corrected chi connectivity index (χ3v) is 5.37. The van der Waals surface area contributed by atoms with Crippen molar-refractivity contribution >= 4 is 28.7 Å². The van der Waals surface area contributed by atoms with Crippen LogP contribution in [0.3, 0.4) is 0 Å². The number of aromatic nitrogens is 7. The fourth-order valence-corrected chi connectivity index (χ4v) is 3.74. The van der Waals surface area contributed by atoms with Crippen LogP contribution in [0.25, 0.3) is 16.9 Å². The maximum Gasteiger partial charge on any atom is 0.227 e. The van der Waals surface area contributed by atoms with Crippen LogP contribution in [0.15, 0.2) is 42.7 Å². The Morgan fingerprint density at radius 1 is 0.903 bits per heavy atom. The first-order valence-corrected chi connectivity index (χ1v) is 10.2. The largest absolute Gasteiger partial charge is 0.363 e. The van der Waals surface area contributed by atoms with Crippen molar-refractivity contribution in [3.63, 3.8) is 0 Å². The summed E-state index contributed by atoms with van der Waals surface area (Å²) in [4.78, 5) is 24.8. The molecule has 0 aliphatic carbocycles. The molecule has 4 heterocycles. The molecule has 0 radical (unpaired) electrons. The second-order valence-corrected chi connectivity index (χ2v) is 7.74. The Balaban J connectivity index is 1.38. The zero-order valence-electron chi connectivity index (χ0n) is 17.8. The van der Waals surface area contributed by atoms with E-state index in [1.165, 1.54) is 0 Å². The summed E-state index contributed by atoms with van der Waals surface area (Å²) in [6.07, 6.45) is 1.58. The highest BCUT2D eigenvalue weighted by Crippen LogP contribution is 2.24. The number of hydrogen-bond donors (Lipinski definition) is 0. The number of piperazine rings is 1. The van der Waals surface area contributed by atoms with Gasteiger partial charge in [0.25, 0.3) is 0 Å². The van der Waals surface area contributed by atoms with Gasteiger partial charge in [-0.25, -0.2) is 15.0 Å². The van der Waals surface area contributed by atoms with Gasteiger partial charge in [-0.1, -0.05) is 23.4 Å². The van der Waals surface area contributed by atoms with Crippen molar-refractivity contribution < 1.29 is 0 Å². The van der Waals surface area contributed by atoms with Crippen LogP contribution in [-0.4, -0.2) is 75.2 Å². The predicted octanol–water partition coefficient (Wildman–Crippen LogP) is 1.70. The Morgan fingerprint density at radius 2 is 1.65 bits per heavy atom. The second kappa shape index (κ2) is 7.78. The Morgan fingerprint density at radius 3 is 2.39 bits per heavy atom. The first-order chi connectivity index (χ1) is 15.1. The van der Waals surface area contributed by atoms with E-state index in [1.54, 1.807) is 11.0 Å². The maximum absolute atomic E-state index is 4.71. The van der Waals surface area contributed by atoms with Crippen LogP contribution in [0.1, 0.15) is 5.69 Å². The van der Waals surface area contributed by atoms with Crippen molar-refractivity contribution in [1.29, 1.82) is 0 Å². The van der Waals surface area contributed by atoms with Crippen LogP contribution >= 0.6 is 0 Å². The molecule has 1 aliphatic heterocycles. The van der Waals surface area contributed by atoms with E-state index in [-0.39, 0.29) is 0 Å². The lowest BCUT2D eigenvalue weighted by Gasteiger charge is -2.35. The molecule has 0 bridgehead atoms. The number of nitrogens with zero attached hydrogens (tertiary/aromatic N) is 10. The summed E-state index contributed by atoms with van der Waals surface area (Å²) in [5.74, 6) is 2.50. The fourth-order valence-electron chi connectivity index (χ4n) is 3.74. The molecule has 31 heavy (non-hydrogen) atoms. The molecular formula is C21H24N10. The van der Waals surface area contributed by atoms with Gasteiger partial charge in [0, 0.05) is 52.0 Å². The average molecular weight is 416 g/mol. The van der Waals surface area contributed by atoms with Crippen molar-refractivity contribution in [3.05, 3.63) is 48.4 Å². The Kier molecular flexibility index (Phi) is 4.81. The number of hydrogen-bond acceptors (Lipinski definition) is 9. The SMILES string of the molecule is Cc1cc(N(C)C)nc(N2CCN(c3ncnc4c3nnn4-c3ccccc3)CC2)n1. The number of rotatable bonds is 4. The minimum Gasteiger partial charge on any atom is -0.363 e. The van der Waals surface area contributed by atoms with Crippen molar-refractivity contribution in [3.8, 4) is 5.69 Å². The Labute approximate surface area is 180 Å². The van der Waals surface area contributed by atoms with Crippen LogP contribution in [0.2, 0.25) is 0 Å². The van der Waals surface area contributed by atoms with E-state index < -0.39 is 0 Å². The third kappa shape index (κ3) is 3.60. The van der Waals surface area contributed by atoms with Crippen LogP contribution in [0, 0.1) is 6.92 Å². The molecule has 158 valence electrons. The van der Waals surface area contributed by atoms with Gasteiger partial charge in [0.2, 0.25) is 5.95 Å². The molecule has 0 N–H and O–H groups in total. The monoisotopic (exact) mass is 416 g/mol. The lowest BCUT2D eigenvalue weighted by molar-refractivity contribution is 0.634. The molecule has 0 atom stereocenters. The van der Waals surface area contributed by atoms with E-state index in [0.29, 0.717) is 11.2 Å². The van der Waals surface area contributed by atoms with E-state index >= 15 is 0 Å². The van der Waals surface area contributed by atoms with Gasteiger partial charge in [-0.05, 0) is 19.1 Å². The third-order valence-electron chi connectivity index (χ3n) is 5.37. The molecule has 1 aliphatic rings. The van der Waals surface area contributed by atoms with Crippen LogP contribution in [0.4, 0.5) is 17.6 Å². The van der Waals surface area contributed by atoms with Crippen LogP contribution in [0.5, 0.6) is 0 Å². The summed E-state index contributed by atoms with van der Waals surface area (Å²) in [6.45, 7) is 5.18. The molecule has 5 rings (SSSR count). The minimum absolute atomic E-state index is 0.705.